The molecule has 0 N–H and O–H groups in total. The van der Waals surface area contributed by atoms with E-state index in [-0.39, 0.29) is 5.91 Å². The third kappa shape index (κ3) is 3.73. The number of carbonyl (C=O) groups excluding carboxylic acids is 1. The number of hydrogen-bond acceptors (Lipinski definition) is 5. The maximum Gasteiger partial charge on any atom is 0.233 e. The van der Waals surface area contributed by atoms with Crippen molar-refractivity contribution in [2.45, 2.75) is 18.5 Å². The molecule has 122 valence electrons. The van der Waals surface area contributed by atoms with Crippen LogP contribution < -0.4 is 0 Å². The molecule has 0 aliphatic carbocycles. The molecular formula is C16H20N4O2S. The standard InChI is InChI=1S/C16H20N4O2S/c1-2-13-5-3-4-6-14(13)20-12-17-18-16(20)23-11-15(21)19-7-9-22-10-8-19/h3-6,12H,2,7-11H2,1H3. The van der Waals surface area contributed by atoms with E-state index in [2.05, 4.69) is 29.3 Å². The molecule has 2 heterocycles. The SMILES string of the molecule is CCc1ccccc1-n1cnnc1SCC(=O)N1CCOCC1. The molecule has 23 heavy (non-hydrogen) atoms. The van der Waals surface area contributed by atoms with Crippen molar-refractivity contribution in [1.29, 1.82) is 0 Å². The van der Waals surface area contributed by atoms with E-state index in [1.54, 1.807) is 6.33 Å². The molecule has 1 aromatic carbocycles. The van der Waals surface area contributed by atoms with Crippen molar-refractivity contribution in [2.75, 3.05) is 32.1 Å². The summed E-state index contributed by atoms with van der Waals surface area (Å²) < 4.78 is 7.23. The predicted octanol–water partition coefficient (Wildman–Crippen LogP) is 1.78. The molecule has 0 bridgehead atoms. The summed E-state index contributed by atoms with van der Waals surface area (Å²) in [5, 5.41) is 8.92. The first-order chi connectivity index (χ1) is 11.3. The minimum atomic E-state index is 0.122. The molecule has 1 aromatic heterocycles. The fourth-order valence-electron chi connectivity index (χ4n) is 2.56. The number of aryl methyl sites for hydroxylation is 1. The highest BCUT2D eigenvalue weighted by molar-refractivity contribution is 7.99. The molecule has 0 radical (unpaired) electrons. The Hall–Kier alpha value is -1.86. The monoisotopic (exact) mass is 332 g/mol. The highest BCUT2D eigenvalue weighted by Gasteiger charge is 2.18. The largest absolute Gasteiger partial charge is 0.378 e. The first-order valence-corrected chi connectivity index (χ1v) is 8.74. The highest BCUT2D eigenvalue weighted by atomic mass is 32.2. The van der Waals surface area contributed by atoms with Crippen LogP contribution in [0.3, 0.4) is 0 Å². The number of morpholine rings is 1. The fraction of sp³-hybridized carbons (Fsp3) is 0.438. The number of nitrogens with zero attached hydrogens (tertiary/aromatic N) is 4. The van der Waals surface area contributed by atoms with E-state index in [1.165, 1.54) is 17.3 Å². The zero-order valence-corrected chi connectivity index (χ0v) is 14.0. The third-order valence-electron chi connectivity index (χ3n) is 3.84. The van der Waals surface area contributed by atoms with Crippen LogP contribution in [0, 0.1) is 0 Å². The Kier molecular flexibility index (Phi) is 5.30. The van der Waals surface area contributed by atoms with Gasteiger partial charge in [-0.25, -0.2) is 0 Å². The van der Waals surface area contributed by atoms with Crippen LogP contribution in [0.5, 0.6) is 0 Å². The van der Waals surface area contributed by atoms with Gasteiger partial charge in [-0.15, -0.1) is 10.2 Å². The van der Waals surface area contributed by atoms with Gasteiger partial charge in [0.15, 0.2) is 5.16 Å². The molecule has 3 rings (SSSR count). The molecule has 0 spiro atoms. The van der Waals surface area contributed by atoms with E-state index in [1.807, 2.05) is 21.6 Å². The smallest absolute Gasteiger partial charge is 0.233 e. The van der Waals surface area contributed by atoms with Gasteiger partial charge in [0.2, 0.25) is 5.91 Å². The van der Waals surface area contributed by atoms with Crippen LogP contribution in [0.15, 0.2) is 35.7 Å². The normalized spacial score (nSPS) is 14.9. The molecule has 1 saturated heterocycles. The molecule has 1 fully saturated rings. The van der Waals surface area contributed by atoms with Gasteiger partial charge in [0.25, 0.3) is 0 Å². The van der Waals surface area contributed by atoms with Crippen molar-refractivity contribution >= 4 is 17.7 Å². The van der Waals surface area contributed by atoms with Crippen molar-refractivity contribution in [3.8, 4) is 5.69 Å². The Morgan fingerprint density at radius 1 is 1.30 bits per heavy atom. The lowest BCUT2D eigenvalue weighted by atomic mass is 10.1. The summed E-state index contributed by atoms with van der Waals surface area (Å²) in [6.45, 7) is 4.71. The van der Waals surface area contributed by atoms with Crippen LogP contribution in [0.25, 0.3) is 5.69 Å². The number of carbonyl (C=O) groups is 1. The number of amides is 1. The second-order valence-corrected chi connectivity index (χ2v) is 6.19. The van der Waals surface area contributed by atoms with Gasteiger partial charge >= 0.3 is 0 Å². The van der Waals surface area contributed by atoms with Crippen molar-refractivity contribution < 1.29 is 9.53 Å². The molecule has 2 aromatic rings. The van der Waals surface area contributed by atoms with Gasteiger partial charge < -0.3 is 9.64 Å². The Labute approximate surface area is 139 Å². The van der Waals surface area contributed by atoms with Crippen LogP contribution in [0.2, 0.25) is 0 Å². The van der Waals surface area contributed by atoms with Crippen molar-refractivity contribution in [2.24, 2.45) is 0 Å². The second kappa shape index (κ2) is 7.61. The number of benzene rings is 1. The predicted molar refractivity (Wildman–Crippen MR) is 88.9 cm³/mol. The number of aromatic nitrogens is 3. The van der Waals surface area contributed by atoms with Crippen molar-refractivity contribution in [3.05, 3.63) is 36.2 Å². The Morgan fingerprint density at radius 2 is 2.09 bits per heavy atom. The Morgan fingerprint density at radius 3 is 2.87 bits per heavy atom. The topological polar surface area (TPSA) is 60.2 Å². The first kappa shape index (κ1) is 16.0. The van der Waals surface area contributed by atoms with Crippen LogP contribution in [0.1, 0.15) is 12.5 Å². The van der Waals surface area contributed by atoms with Gasteiger partial charge in [-0.2, -0.15) is 0 Å². The molecule has 7 heteroatoms. The molecule has 6 nitrogen and oxygen atoms in total. The van der Waals surface area contributed by atoms with E-state index in [0.29, 0.717) is 32.1 Å². The Bertz CT molecular complexity index is 668. The summed E-state index contributed by atoms with van der Waals surface area (Å²) in [7, 11) is 0. The number of rotatable bonds is 5. The summed E-state index contributed by atoms with van der Waals surface area (Å²) >= 11 is 1.43. The minimum absolute atomic E-state index is 0.122. The van der Waals surface area contributed by atoms with Crippen LogP contribution in [0.4, 0.5) is 0 Å². The second-order valence-electron chi connectivity index (χ2n) is 5.25. The molecule has 0 unspecified atom stereocenters. The number of para-hydroxylation sites is 1. The average molecular weight is 332 g/mol. The van der Waals surface area contributed by atoms with Gasteiger partial charge in [-0.1, -0.05) is 36.9 Å². The zero-order valence-electron chi connectivity index (χ0n) is 13.1. The van der Waals surface area contributed by atoms with E-state index in [9.17, 15) is 4.79 Å². The van der Waals surface area contributed by atoms with Crippen molar-refractivity contribution in [3.63, 3.8) is 0 Å². The van der Waals surface area contributed by atoms with Crippen molar-refractivity contribution in [1.82, 2.24) is 19.7 Å². The van der Waals surface area contributed by atoms with Gasteiger partial charge in [-0.05, 0) is 18.1 Å². The molecular weight excluding hydrogens is 312 g/mol. The molecule has 1 aliphatic rings. The number of hydrogen-bond donors (Lipinski definition) is 0. The third-order valence-corrected chi connectivity index (χ3v) is 4.76. The summed E-state index contributed by atoms with van der Waals surface area (Å²) in [6.07, 6.45) is 2.64. The summed E-state index contributed by atoms with van der Waals surface area (Å²) in [5.41, 5.74) is 2.30. The minimum Gasteiger partial charge on any atom is -0.378 e. The number of ether oxygens (including phenoxy) is 1. The quantitative estimate of drug-likeness (QED) is 0.781. The van der Waals surface area contributed by atoms with Gasteiger partial charge in [-0.3, -0.25) is 9.36 Å². The summed E-state index contributed by atoms with van der Waals surface area (Å²) in [5.74, 6) is 0.490. The lowest BCUT2D eigenvalue weighted by Gasteiger charge is -2.26. The summed E-state index contributed by atoms with van der Waals surface area (Å²) in [6, 6.07) is 8.18. The maximum absolute atomic E-state index is 12.3. The van der Waals surface area contributed by atoms with Crippen LogP contribution >= 0.6 is 11.8 Å². The fourth-order valence-corrected chi connectivity index (χ4v) is 3.39. The molecule has 1 amide bonds. The first-order valence-electron chi connectivity index (χ1n) is 7.76. The molecule has 0 atom stereocenters. The van der Waals surface area contributed by atoms with Gasteiger partial charge in [0.05, 0.1) is 24.7 Å². The van der Waals surface area contributed by atoms with Gasteiger partial charge in [0, 0.05) is 13.1 Å². The lowest BCUT2D eigenvalue weighted by Crippen LogP contribution is -2.41. The van der Waals surface area contributed by atoms with E-state index in [0.717, 1.165) is 17.3 Å². The highest BCUT2D eigenvalue weighted by Crippen LogP contribution is 2.22. The zero-order chi connectivity index (χ0) is 16.1. The van der Waals surface area contributed by atoms with Gasteiger partial charge in [0.1, 0.15) is 6.33 Å². The van der Waals surface area contributed by atoms with E-state index >= 15 is 0 Å². The number of thioether (sulfide) groups is 1. The van der Waals surface area contributed by atoms with Crippen LogP contribution in [-0.2, 0) is 16.0 Å². The lowest BCUT2D eigenvalue weighted by molar-refractivity contribution is -0.132. The van der Waals surface area contributed by atoms with Crippen LogP contribution in [-0.4, -0.2) is 57.6 Å². The van der Waals surface area contributed by atoms with E-state index in [4.69, 9.17) is 4.74 Å². The molecule has 0 saturated carbocycles. The average Bonchev–Trinajstić information content (AvgIpc) is 3.08. The summed E-state index contributed by atoms with van der Waals surface area (Å²) in [4.78, 5) is 14.1. The maximum atomic E-state index is 12.3. The Balaban J connectivity index is 1.70. The van der Waals surface area contributed by atoms with E-state index < -0.39 is 0 Å². The molecule has 1 aliphatic heterocycles.